The van der Waals surface area contributed by atoms with Crippen molar-refractivity contribution in [2.45, 2.75) is 0 Å². The second-order valence-electron chi connectivity index (χ2n) is 2.36. The van der Waals surface area contributed by atoms with Gasteiger partial charge in [0.25, 0.3) is 0 Å². The van der Waals surface area contributed by atoms with Gasteiger partial charge < -0.3 is 12.9 Å². The van der Waals surface area contributed by atoms with Gasteiger partial charge in [0.15, 0.2) is 0 Å². The molecule has 1 aromatic carbocycles. The summed E-state index contributed by atoms with van der Waals surface area (Å²) in [6.07, 6.45) is 0. The van der Waals surface area contributed by atoms with Crippen molar-refractivity contribution in [2.75, 3.05) is 0 Å². The normalized spacial score (nSPS) is 11.0. The van der Waals surface area contributed by atoms with E-state index in [9.17, 15) is 17.3 Å². The third-order valence-electron chi connectivity index (χ3n) is 1.37. The largest absolute Gasteiger partial charge is 1.00 e. The predicted octanol–water partition coefficient (Wildman–Crippen LogP) is 0.191. The summed E-state index contributed by atoms with van der Waals surface area (Å²) in [6.45, 7) is -5.30. The standard InChI is InChI=1S/C6H2BCl2F4.K/c8-4-1-3(10)2-5(9)6(4)7(11,12)13;/h1-2H;/q-1;+1. The number of rotatable bonds is 1. The molecule has 0 aromatic heterocycles. The maximum Gasteiger partial charge on any atom is 1.00 e. The Bertz CT molecular complexity index is 318. The first kappa shape index (κ1) is 15.2. The monoisotopic (exact) mass is 270 g/mol. The summed E-state index contributed by atoms with van der Waals surface area (Å²) in [4.78, 5) is 0. The minimum atomic E-state index is -5.30. The molecule has 0 N–H and O–H groups in total. The van der Waals surface area contributed by atoms with Crippen molar-refractivity contribution in [3.8, 4) is 0 Å². The Hall–Kier alpha value is 1.22. The van der Waals surface area contributed by atoms with Gasteiger partial charge in [-0.25, -0.2) is 4.39 Å². The van der Waals surface area contributed by atoms with E-state index in [1.54, 1.807) is 0 Å². The van der Waals surface area contributed by atoms with Crippen LogP contribution in [0.1, 0.15) is 0 Å². The van der Waals surface area contributed by atoms with Gasteiger partial charge >= 0.3 is 58.4 Å². The molecular weight excluding hydrogens is 269 g/mol. The average molecular weight is 271 g/mol. The number of hydrogen-bond donors (Lipinski definition) is 0. The fraction of sp³-hybridized carbons (Fsp3) is 0. The molecule has 0 aliphatic heterocycles. The van der Waals surface area contributed by atoms with Gasteiger partial charge in [-0.3, -0.25) is 0 Å². The first-order valence-corrected chi connectivity index (χ1v) is 3.92. The summed E-state index contributed by atoms with van der Waals surface area (Å²) < 4.78 is 49.1. The maximum absolute atomic E-state index is 12.5. The molecule has 0 amide bonds. The van der Waals surface area contributed by atoms with E-state index in [0.717, 1.165) is 0 Å². The molecule has 0 radical (unpaired) electrons. The number of halogens is 6. The van der Waals surface area contributed by atoms with Gasteiger partial charge in [-0.2, -0.15) is 0 Å². The number of hydrogen-bond acceptors (Lipinski definition) is 0. The molecule has 0 fully saturated rings. The average Bonchev–Trinajstić information content (AvgIpc) is 1.78. The van der Waals surface area contributed by atoms with E-state index in [2.05, 4.69) is 0 Å². The second kappa shape index (κ2) is 5.52. The molecule has 1 aromatic rings. The zero-order chi connectivity index (χ0) is 10.2. The Kier molecular flexibility index (Phi) is 6.00. The van der Waals surface area contributed by atoms with Gasteiger partial charge in [0, 0.05) is 10.0 Å². The molecular formula is C6H2BCl2F4K. The van der Waals surface area contributed by atoms with Crippen LogP contribution >= 0.6 is 23.2 Å². The maximum atomic E-state index is 12.5. The predicted molar refractivity (Wildman–Crippen MR) is 45.1 cm³/mol. The Balaban J connectivity index is 0.00000169. The van der Waals surface area contributed by atoms with Crippen LogP contribution in [0.15, 0.2) is 12.1 Å². The molecule has 72 valence electrons. The first-order chi connectivity index (χ1) is 5.82. The Morgan fingerprint density at radius 2 is 1.36 bits per heavy atom. The molecule has 1 rings (SSSR count). The molecule has 0 unspecified atom stereocenters. The van der Waals surface area contributed by atoms with E-state index in [1.165, 1.54) is 0 Å². The summed E-state index contributed by atoms with van der Waals surface area (Å²) in [5, 5.41) is -1.42. The van der Waals surface area contributed by atoms with Crippen molar-refractivity contribution in [1.82, 2.24) is 0 Å². The van der Waals surface area contributed by atoms with Crippen LogP contribution in [-0.2, 0) is 0 Å². The quantitative estimate of drug-likeness (QED) is 0.505. The van der Waals surface area contributed by atoms with Crippen LogP contribution in [0, 0.1) is 5.82 Å². The van der Waals surface area contributed by atoms with Crippen LogP contribution in [0.25, 0.3) is 0 Å². The van der Waals surface area contributed by atoms with Crippen molar-refractivity contribution < 1.29 is 68.7 Å². The van der Waals surface area contributed by atoms with E-state index in [-0.39, 0.29) is 51.4 Å². The van der Waals surface area contributed by atoms with E-state index in [0.29, 0.717) is 12.1 Å². The summed E-state index contributed by atoms with van der Waals surface area (Å²) in [5.74, 6) is -0.890. The van der Waals surface area contributed by atoms with Crippen LogP contribution in [0.4, 0.5) is 17.3 Å². The van der Waals surface area contributed by atoms with Gasteiger partial charge in [-0.15, -0.1) is 0 Å². The van der Waals surface area contributed by atoms with Gasteiger partial charge in [0.2, 0.25) is 0 Å². The van der Waals surface area contributed by atoms with E-state index in [4.69, 9.17) is 23.2 Å². The van der Waals surface area contributed by atoms with Crippen LogP contribution < -0.4 is 56.8 Å². The van der Waals surface area contributed by atoms with Gasteiger partial charge in [0.05, 0.1) is 0 Å². The molecule has 0 heterocycles. The molecule has 0 bridgehead atoms. The third kappa shape index (κ3) is 3.66. The molecule has 0 saturated heterocycles. The molecule has 0 nitrogen and oxygen atoms in total. The Labute approximate surface area is 130 Å². The fourth-order valence-electron chi connectivity index (χ4n) is 0.866. The molecule has 8 heteroatoms. The molecule has 14 heavy (non-hydrogen) atoms. The molecule has 0 aliphatic carbocycles. The first-order valence-electron chi connectivity index (χ1n) is 3.16. The summed E-state index contributed by atoms with van der Waals surface area (Å²) in [7, 11) is 0. The third-order valence-corrected chi connectivity index (χ3v) is 2.00. The summed E-state index contributed by atoms with van der Waals surface area (Å²) in [5.41, 5.74) is -1.15. The minimum absolute atomic E-state index is 0. The minimum Gasteiger partial charge on any atom is -0.445 e. The smallest absolute Gasteiger partial charge is 0.445 e. The molecule has 0 atom stereocenters. The molecule has 0 saturated carbocycles. The van der Waals surface area contributed by atoms with E-state index < -0.39 is 28.3 Å². The van der Waals surface area contributed by atoms with Crippen molar-refractivity contribution in [3.63, 3.8) is 0 Å². The van der Waals surface area contributed by atoms with Crippen LogP contribution in [-0.4, -0.2) is 6.98 Å². The molecule has 0 spiro atoms. The van der Waals surface area contributed by atoms with Crippen LogP contribution in [0.3, 0.4) is 0 Å². The zero-order valence-electron chi connectivity index (χ0n) is 7.00. The van der Waals surface area contributed by atoms with E-state index >= 15 is 0 Å². The van der Waals surface area contributed by atoms with Gasteiger partial charge in [-0.05, 0) is 12.1 Å². The van der Waals surface area contributed by atoms with E-state index in [1.807, 2.05) is 0 Å². The second-order valence-corrected chi connectivity index (χ2v) is 3.17. The van der Waals surface area contributed by atoms with Crippen molar-refractivity contribution >= 4 is 35.6 Å². The molecule has 0 aliphatic rings. The topological polar surface area (TPSA) is 0 Å². The number of benzene rings is 1. The SMILES string of the molecule is Fc1cc(Cl)c([B-](F)(F)F)c(Cl)c1.[K+]. The Morgan fingerprint density at radius 1 is 1.00 bits per heavy atom. The van der Waals surface area contributed by atoms with Crippen molar-refractivity contribution in [3.05, 3.63) is 28.0 Å². The van der Waals surface area contributed by atoms with Crippen molar-refractivity contribution in [2.24, 2.45) is 0 Å². The van der Waals surface area contributed by atoms with Crippen LogP contribution in [0.2, 0.25) is 10.0 Å². The van der Waals surface area contributed by atoms with Gasteiger partial charge in [-0.1, -0.05) is 28.7 Å². The summed E-state index contributed by atoms with van der Waals surface area (Å²) in [6, 6.07) is 1.16. The Morgan fingerprint density at radius 3 is 1.64 bits per heavy atom. The zero-order valence-corrected chi connectivity index (χ0v) is 11.6. The van der Waals surface area contributed by atoms with Gasteiger partial charge in [0.1, 0.15) is 5.82 Å². The fourth-order valence-corrected chi connectivity index (χ4v) is 1.57. The summed E-state index contributed by atoms with van der Waals surface area (Å²) >= 11 is 10.4. The van der Waals surface area contributed by atoms with Crippen LogP contribution in [0.5, 0.6) is 0 Å². The van der Waals surface area contributed by atoms with Crippen molar-refractivity contribution in [1.29, 1.82) is 0 Å².